The van der Waals surface area contributed by atoms with Gasteiger partial charge < -0.3 is 20.7 Å². The van der Waals surface area contributed by atoms with Crippen LogP contribution >= 0.6 is 0 Å². The van der Waals surface area contributed by atoms with Crippen LogP contribution in [0.2, 0.25) is 0 Å². The largest absolute Gasteiger partial charge is 0.497 e. The molecule has 2 aliphatic rings. The Morgan fingerprint density at radius 2 is 2.54 bits per heavy atom. The Labute approximate surface area is 77.3 Å². The fraction of sp³-hybridized carbons (Fsp3) is 0.333. The first kappa shape index (κ1) is 8.19. The lowest BCUT2D eigenvalue weighted by atomic mass is 10.3. The van der Waals surface area contributed by atoms with Gasteiger partial charge in [-0.05, 0) is 6.08 Å². The third-order valence-corrected chi connectivity index (χ3v) is 2.15. The van der Waals surface area contributed by atoms with Crippen LogP contribution in [0.3, 0.4) is 0 Å². The van der Waals surface area contributed by atoms with Crippen LogP contribution in [0, 0.1) is 0 Å². The second-order valence-electron chi connectivity index (χ2n) is 2.98. The number of fused-ring (bicyclic) bond motifs is 1. The lowest BCUT2D eigenvalue weighted by Gasteiger charge is -2.23. The van der Waals surface area contributed by atoms with E-state index in [4.69, 9.17) is 10.5 Å². The predicted molar refractivity (Wildman–Crippen MR) is 50.1 cm³/mol. The molecule has 4 heteroatoms. The molecule has 13 heavy (non-hydrogen) atoms. The van der Waals surface area contributed by atoms with Gasteiger partial charge >= 0.3 is 0 Å². The maximum Gasteiger partial charge on any atom is 0.126 e. The van der Waals surface area contributed by atoms with Crippen LogP contribution < -0.4 is 11.1 Å². The summed E-state index contributed by atoms with van der Waals surface area (Å²) in [6.07, 6.45) is 8.08. The van der Waals surface area contributed by atoms with E-state index < -0.39 is 0 Å². The van der Waals surface area contributed by atoms with Crippen molar-refractivity contribution in [2.75, 3.05) is 13.7 Å². The first-order valence-corrected chi connectivity index (χ1v) is 4.22. The van der Waals surface area contributed by atoms with Crippen LogP contribution in [-0.2, 0) is 4.74 Å². The third kappa shape index (κ3) is 1.40. The zero-order valence-corrected chi connectivity index (χ0v) is 7.53. The lowest BCUT2D eigenvalue weighted by Crippen LogP contribution is -2.34. The fourth-order valence-electron chi connectivity index (χ4n) is 1.44. The highest BCUT2D eigenvalue weighted by molar-refractivity contribution is 5.26. The van der Waals surface area contributed by atoms with E-state index in [1.54, 1.807) is 7.11 Å². The van der Waals surface area contributed by atoms with Gasteiger partial charge in [0.2, 0.25) is 0 Å². The highest BCUT2D eigenvalue weighted by atomic mass is 16.5. The molecule has 0 amide bonds. The summed E-state index contributed by atoms with van der Waals surface area (Å²) in [5, 5.41) is 3.26. The number of nitrogens with one attached hydrogen (secondary N) is 1. The van der Waals surface area contributed by atoms with Gasteiger partial charge in [0.1, 0.15) is 11.9 Å². The van der Waals surface area contributed by atoms with Gasteiger partial charge in [-0.2, -0.15) is 0 Å². The number of allylic oxidation sites excluding steroid dienone is 1. The van der Waals surface area contributed by atoms with E-state index in [0.29, 0.717) is 6.54 Å². The van der Waals surface area contributed by atoms with Crippen molar-refractivity contribution in [2.45, 2.75) is 6.17 Å². The van der Waals surface area contributed by atoms with E-state index in [9.17, 15) is 0 Å². The van der Waals surface area contributed by atoms with Gasteiger partial charge in [0.05, 0.1) is 7.11 Å². The molecule has 2 aliphatic heterocycles. The molecule has 2 rings (SSSR count). The smallest absolute Gasteiger partial charge is 0.126 e. The second kappa shape index (κ2) is 3.14. The normalized spacial score (nSPS) is 24.8. The zero-order valence-electron chi connectivity index (χ0n) is 7.53. The number of ether oxygens (including phenoxy) is 1. The highest BCUT2D eigenvalue weighted by Crippen LogP contribution is 2.18. The van der Waals surface area contributed by atoms with Crippen LogP contribution in [-0.4, -0.2) is 24.7 Å². The Morgan fingerprint density at radius 3 is 3.23 bits per heavy atom. The standard InChI is InChI=1S/C9H13N3O/c1-13-8-2-3-12-6-7(5-10)11-9(12)4-8/h2-4,6,9,11H,5,10H2,1H3. The molecule has 0 radical (unpaired) electrons. The Balaban J connectivity index is 2.13. The second-order valence-corrected chi connectivity index (χ2v) is 2.98. The van der Waals surface area contributed by atoms with Crippen molar-refractivity contribution in [2.24, 2.45) is 5.73 Å². The summed E-state index contributed by atoms with van der Waals surface area (Å²) in [5.74, 6) is 0.875. The Kier molecular flexibility index (Phi) is 1.98. The van der Waals surface area contributed by atoms with Crippen molar-refractivity contribution < 1.29 is 4.74 Å². The summed E-state index contributed by atoms with van der Waals surface area (Å²) in [6, 6.07) is 0. The first-order chi connectivity index (χ1) is 6.33. The molecule has 0 bridgehead atoms. The molecule has 0 saturated heterocycles. The van der Waals surface area contributed by atoms with E-state index >= 15 is 0 Å². The molecule has 0 aromatic rings. The summed E-state index contributed by atoms with van der Waals surface area (Å²) < 4.78 is 5.12. The van der Waals surface area contributed by atoms with Crippen molar-refractivity contribution in [3.8, 4) is 0 Å². The van der Waals surface area contributed by atoms with Gasteiger partial charge in [-0.1, -0.05) is 0 Å². The molecule has 1 atom stereocenters. The monoisotopic (exact) mass is 179 g/mol. The Morgan fingerprint density at radius 1 is 1.69 bits per heavy atom. The molecule has 0 aromatic heterocycles. The highest BCUT2D eigenvalue weighted by Gasteiger charge is 2.22. The first-order valence-electron chi connectivity index (χ1n) is 4.22. The number of rotatable bonds is 2. The van der Waals surface area contributed by atoms with Gasteiger partial charge in [0, 0.05) is 30.7 Å². The summed E-state index contributed by atoms with van der Waals surface area (Å²) in [7, 11) is 1.66. The lowest BCUT2D eigenvalue weighted by molar-refractivity contribution is 0.288. The van der Waals surface area contributed by atoms with Crippen LogP contribution in [0.5, 0.6) is 0 Å². The van der Waals surface area contributed by atoms with Gasteiger partial charge in [-0.3, -0.25) is 0 Å². The minimum absolute atomic E-state index is 0.165. The average molecular weight is 179 g/mol. The maximum atomic E-state index is 5.52. The average Bonchev–Trinajstić information content (AvgIpc) is 2.58. The van der Waals surface area contributed by atoms with E-state index in [1.807, 2.05) is 24.6 Å². The van der Waals surface area contributed by atoms with Crippen molar-refractivity contribution in [1.82, 2.24) is 10.2 Å². The number of hydrogen-bond donors (Lipinski definition) is 2. The number of nitrogens with zero attached hydrogens (tertiary/aromatic N) is 1. The summed E-state index contributed by atoms with van der Waals surface area (Å²) in [6.45, 7) is 0.539. The van der Waals surface area contributed by atoms with Gasteiger partial charge in [0.15, 0.2) is 0 Å². The number of methoxy groups -OCH3 is 1. The third-order valence-electron chi connectivity index (χ3n) is 2.15. The molecule has 4 nitrogen and oxygen atoms in total. The number of hydrogen-bond acceptors (Lipinski definition) is 4. The molecule has 0 saturated carbocycles. The molecule has 2 heterocycles. The quantitative estimate of drug-likeness (QED) is 0.630. The van der Waals surface area contributed by atoms with E-state index in [-0.39, 0.29) is 6.17 Å². The van der Waals surface area contributed by atoms with Crippen LogP contribution in [0.4, 0.5) is 0 Å². The summed E-state index contributed by atoms with van der Waals surface area (Å²) in [4.78, 5) is 2.06. The minimum Gasteiger partial charge on any atom is -0.497 e. The summed E-state index contributed by atoms with van der Waals surface area (Å²) >= 11 is 0. The molecule has 1 unspecified atom stereocenters. The van der Waals surface area contributed by atoms with E-state index in [0.717, 1.165) is 11.5 Å². The molecule has 0 spiro atoms. The Bertz CT molecular complexity index is 293. The van der Waals surface area contributed by atoms with Crippen LogP contribution in [0.15, 0.2) is 36.0 Å². The molecule has 0 fully saturated rings. The molecule has 3 N–H and O–H groups in total. The molecule has 70 valence electrons. The zero-order chi connectivity index (χ0) is 9.26. The van der Waals surface area contributed by atoms with Gasteiger partial charge in [-0.25, -0.2) is 0 Å². The van der Waals surface area contributed by atoms with Gasteiger partial charge in [0.25, 0.3) is 0 Å². The van der Waals surface area contributed by atoms with Gasteiger partial charge in [-0.15, -0.1) is 0 Å². The van der Waals surface area contributed by atoms with E-state index in [1.165, 1.54) is 0 Å². The molecule has 0 aliphatic carbocycles. The topological polar surface area (TPSA) is 50.5 Å². The summed E-state index contributed by atoms with van der Waals surface area (Å²) in [5.41, 5.74) is 6.57. The van der Waals surface area contributed by atoms with Crippen molar-refractivity contribution in [1.29, 1.82) is 0 Å². The van der Waals surface area contributed by atoms with Crippen LogP contribution in [0.25, 0.3) is 0 Å². The molecular formula is C9H13N3O. The van der Waals surface area contributed by atoms with Crippen molar-refractivity contribution in [3.05, 3.63) is 36.0 Å². The molecule has 0 aromatic carbocycles. The number of nitrogens with two attached hydrogens (primary N) is 1. The maximum absolute atomic E-state index is 5.52. The Hall–Kier alpha value is -1.42. The minimum atomic E-state index is 0.165. The van der Waals surface area contributed by atoms with Crippen molar-refractivity contribution >= 4 is 0 Å². The molecular weight excluding hydrogens is 166 g/mol. The predicted octanol–water partition coefficient (Wildman–Crippen LogP) is 0.0754. The SMILES string of the molecule is COC1=CC2NC(CN)=CN2C=C1. The van der Waals surface area contributed by atoms with Crippen LogP contribution in [0.1, 0.15) is 0 Å². The van der Waals surface area contributed by atoms with E-state index in [2.05, 4.69) is 10.2 Å². The fourth-order valence-corrected chi connectivity index (χ4v) is 1.44. The van der Waals surface area contributed by atoms with Crippen molar-refractivity contribution in [3.63, 3.8) is 0 Å².